The van der Waals surface area contributed by atoms with E-state index in [0.717, 1.165) is 25.2 Å². The largest absolute Gasteiger partial charge is 0.391 e. The fraction of sp³-hybridized carbons (Fsp3) is 0.381. The number of carbonyl (C=O) groups excluding carboxylic acids is 1. The minimum Gasteiger partial charge on any atom is -0.391 e. The van der Waals surface area contributed by atoms with Crippen LogP contribution in [0.25, 0.3) is 5.65 Å². The summed E-state index contributed by atoms with van der Waals surface area (Å²) in [4.78, 5) is 21.4. The second-order valence-corrected chi connectivity index (χ2v) is 9.46. The molecule has 2 N–H and O–H groups in total. The van der Waals surface area contributed by atoms with Crippen LogP contribution in [0.4, 0.5) is 16.3 Å². The molecule has 4 heterocycles. The van der Waals surface area contributed by atoms with E-state index in [2.05, 4.69) is 52.0 Å². The van der Waals surface area contributed by atoms with Crippen LogP contribution < -0.4 is 20.8 Å². The molecule has 2 unspecified atom stereocenters. The first kappa shape index (κ1) is 20.6. The van der Waals surface area contributed by atoms with Gasteiger partial charge in [0.1, 0.15) is 11.5 Å². The standard InChI is InChI=1S/C21H26N6O2P2/c28-13-5-8-25(12-13)21(29)23-16-11-22-27-9-6-19(24-20(16)27)26-7-1-2-17(26)15-10-14(30)3-4-18(15)31/h3-4,6,9-11,13,17,28H,1-2,5,7-8,12,30-31H2,(H,23,29)/t13-,17+/m0/s1. The van der Waals surface area contributed by atoms with Crippen molar-refractivity contribution in [1.29, 1.82) is 0 Å². The quantitative estimate of drug-likeness (QED) is 0.586. The molecule has 2 saturated heterocycles. The molecule has 2 fully saturated rings. The van der Waals surface area contributed by atoms with Gasteiger partial charge in [0.2, 0.25) is 0 Å². The van der Waals surface area contributed by atoms with Crippen molar-refractivity contribution in [3.63, 3.8) is 0 Å². The Kier molecular flexibility index (Phi) is 5.55. The number of aliphatic hydroxyl groups excluding tert-OH is 1. The molecule has 31 heavy (non-hydrogen) atoms. The van der Waals surface area contributed by atoms with Crippen molar-refractivity contribution < 1.29 is 9.90 Å². The molecule has 2 amide bonds. The van der Waals surface area contributed by atoms with E-state index >= 15 is 0 Å². The predicted octanol–water partition coefficient (Wildman–Crippen LogP) is 1.67. The monoisotopic (exact) mass is 456 g/mol. The smallest absolute Gasteiger partial charge is 0.322 e. The van der Waals surface area contributed by atoms with Gasteiger partial charge < -0.3 is 20.2 Å². The minimum atomic E-state index is -0.451. The number of nitrogens with zero attached hydrogens (tertiary/aromatic N) is 5. The highest BCUT2D eigenvalue weighted by molar-refractivity contribution is 7.28. The van der Waals surface area contributed by atoms with Crippen molar-refractivity contribution in [3.05, 3.63) is 42.2 Å². The molecular weight excluding hydrogens is 430 g/mol. The van der Waals surface area contributed by atoms with Gasteiger partial charge in [-0.1, -0.05) is 12.1 Å². The molecular formula is C21H26N6O2P2. The van der Waals surface area contributed by atoms with Crippen molar-refractivity contribution >= 4 is 52.3 Å². The Morgan fingerprint density at radius 1 is 1.19 bits per heavy atom. The van der Waals surface area contributed by atoms with Gasteiger partial charge in [-0.3, -0.25) is 0 Å². The van der Waals surface area contributed by atoms with Crippen molar-refractivity contribution in [3.8, 4) is 0 Å². The van der Waals surface area contributed by atoms with Gasteiger partial charge in [0.15, 0.2) is 5.65 Å². The van der Waals surface area contributed by atoms with Gasteiger partial charge in [-0.05, 0) is 47.6 Å². The van der Waals surface area contributed by atoms with E-state index < -0.39 is 6.10 Å². The third-order valence-electron chi connectivity index (χ3n) is 6.06. The lowest BCUT2D eigenvalue weighted by molar-refractivity contribution is 0.176. The van der Waals surface area contributed by atoms with Crippen LogP contribution in [0.1, 0.15) is 30.9 Å². The molecule has 0 bridgehead atoms. The van der Waals surface area contributed by atoms with Crippen LogP contribution in [0.15, 0.2) is 36.7 Å². The molecule has 10 heteroatoms. The lowest BCUT2D eigenvalue weighted by atomic mass is 10.0. The first-order valence-electron chi connectivity index (χ1n) is 10.5. The van der Waals surface area contributed by atoms with Crippen LogP contribution in [-0.4, -0.2) is 56.4 Å². The van der Waals surface area contributed by atoms with Crippen molar-refractivity contribution in [2.75, 3.05) is 29.9 Å². The molecule has 2 aliphatic heterocycles. The highest BCUT2D eigenvalue weighted by atomic mass is 31.0. The van der Waals surface area contributed by atoms with Crippen molar-refractivity contribution in [2.45, 2.75) is 31.4 Å². The lowest BCUT2D eigenvalue weighted by Gasteiger charge is -2.27. The number of fused-ring (bicyclic) bond motifs is 1. The highest BCUT2D eigenvalue weighted by Crippen LogP contribution is 2.35. The van der Waals surface area contributed by atoms with E-state index in [1.165, 1.54) is 16.2 Å². The third kappa shape index (κ3) is 4.00. The average molecular weight is 456 g/mol. The first-order chi connectivity index (χ1) is 15.0. The fourth-order valence-corrected chi connectivity index (χ4v) is 5.12. The summed E-state index contributed by atoms with van der Waals surface area (Å²) in [6.45, 7) is 1.83. The summed E-state index contributed by atoms with van der Waals surface area (Å²) in [5.41, 5.74) is 2.48. The lowest BCUT2D eigenvalue weighted by Crippen LogP contribution is -2.33. The first-order valence-corrected chi connectivity index (χ1v) is 11.6. The van der Waals surface area contributed by atoms with Crippen LogP contribution in [0, 0.1) is 0 Å². The van der Waals surface area contributed by atoms with E-state index in [4.69, 9.17) is 4.98 Å². The normalized spacial score (nSPS) is 21.3. The minimum absolute atomic E-state index is 0.234. The van der Waals surface area contributed by atoms with Gasteiger partial charge in [-0.25, -0.2) is 14.3 Å². The van der Waals surface area contributed by atoms with Crippen LogP contribution >= 0.6 is 18.5 Å². The number of urea groups is 1. The SMILES string of the molecule is O=C(Nc1cnn2ccc(N3CCC[C@@H]3c3cc(P)ccc3P)nc12)N1CC[C@H](O)C1. The van der Waals surface area contributed by atoms with Crippen LogP contribution in [0.5, 0.6) is 0 Å². The van der Waals surface area contributed by atoms with Crippen LogP contribution in [0.3, 0.4) is 0 Å². The molecule has 0 radical (unpaired) electrons. The zero-order valence-corrected chi connectivity index (χ0v) is 19.4. The molecule has 2 aromatic heterocycles. The summed E-state index contributed by atoms with van der Waals surface area (Å²) >= 11 is 0. The van der Waals surface area contributed by atoms with Gasteiger partial charge in [-0.2, -0.15) is 5.10 Å². The van der Waals surface area contributed by atoms with E-state index in [-0.39, 0.29) is 12.1 Å². The van der Waals surface area contributed by atoms with E-state index in [1.807, 2.05) is 12.3 Å². The molecule has 0 aliphatic carbocycles. The Morgan fingerprint density at radius 3 is 2.87 bits per heavy atom. The Hall–Kier alpha value is -2.27. The Bertz CT molecular complexity index is 1140. The number of likely N-dealkylation sites (tertiary alicyclic amines) is 1. The number of aromatic nitrogens is 3. The Labute approximate surface area is 185 Å². The molecule has 1 aromatic carbocycles. The van der Waals surface area contributed by atoms with Crippen LogP contribution in [0.2, 0.25) is 0 Å². The number of carbonyl (C=O) groups is 1. The van der Waals surface area contributed by atoms with Gasteiger partial charge in [0.25, 0.3) is 0 Å². The summed E-state index contributed by atoms with van der Waals surface area (Å²) in [5, 5.41) is 19.3. The molecule has 8 nitrogen and oxygen atoms in total. The zero-order valence-electron chi connectivity index (χ0n) is 17.1. The Morgan fingerprint density at radius 2 is 2.06 bits per heavy atom. The number of hydrogen-bond donors (Lipinski definition) is 2. The summed E-state index contributed by atoms with van der Waals surface area (Å²) < 4.78 is 1.67. The summed E-state index contributed by atoms with van der Waals surface area (Å²) in [7, 11) is 5.63. The van der Waals surface area contributed by atoms with E-state index in [9.17, 15) is 9.90 Å². The van der Waals surface area contributed by atoms with E-state index in [1.54, 1.807) is 15.6 Å². The van der Waals surface area contributed by atoms with Crippen LogP contribution in [-0.2, 0) is 0 Å². The molecule has 0 saturated carbocycles. The number of hydrogen-bond acceptors (Lipinski definition) is 5. The van der Waals surface area contributed by atoms with Crippen molar-refractivity contribution in [1.82, 2.24) is 19.5 Å². The molecule has 3 aromatic rings. The Balaban J connectivity index is 1.43. The van der Waals surface area contributed by atoms with Gasteiger partial charge >= 0.3 is 6.03 Å². The summed E-state index contributed by atoms with van der Waals surface area (Å²) in [6.07, 6.45) is 5.83. The number of amides is 2. The number of nitrogens with one attached hydrogen (secondary N) is 1. The average Bonchev–Trinajstić information content (AvgIpc) is 3.49. The molecule has 162 valence electrons. The third-order valence-corrected chi connectivity index (χ3v) is 6.95. The van der Waals surface area contributed by atoms with Crippen molar-refractivity contribution in [2.24, 2.45) is 0 Å². The maximum atomic E-state index is 12.6. The number of benzene rings is 1. The highest BCUT2D eigenvalue weighted by Gasteiger charge is 2.29. The number of anilines is 2. The molecule has 4 atom stereocenters. The summed E-state index contributed by atoms with van der Waals surface area (Å²) in [6, 6.07) is 8.46. The number of β-amino-alcohol motifs (C(OH)–C–C–N with tert-alkyl or cyclic N) is 1. The maximum absolute atomic E-state index is 12.6. The summed E-state index contributed by atoms with van der Waals surface area (Å²) in [5.74, 6) is 0.876. The molecule has 0 spiro atoms. The number of rotatable bonds is 3. The topological polar surface area (TPSA) is 86.0 Å². The zero-order chi connectivity index (χ0) is 21.5. The molecule has 2 aliphatic rings. The molecule has 5 rings (SSSR count). The fourth-order valence-electron chi connectivity index (χ4n) is 4.47. The number of aliphatic hydroxyl groups is 1. The van der Waals surface area contributed by atoms with Gasteiger partial charge in [0.05, 0.1) is 18.3 Å². The maximum Gasteiger partial charge on any atom is 0.322 e. The second kappa shape index (κ2) is 8.34. The van der Waals surface area contributed by atoms with Gasteiger partial charge in [0, 0.05) is 25.8 Å². The van der Waals surface area contributed by atoms with Gasteiger partial charge in [-0.15, -0.1) is 18.5 Å². The van der Waals surface area contributed by atoms with E-state index in [0.29, 0.717) is 30.8 Å². The second-order valence-electron chi connectivity index (χ2n) is 8.17. The predicted molar refractivity (Wildman–Crippen MR) is 129 cm³/mol.